The molecule has 0 amide bonds. The molecule has 4 nitrogen and oxygen atoms in total. The third-order valence-electron chi connectivity index (χ3n) is 4.46. The van der Waals surface area contributed by atoms with Crippen molar-refractivity contribution in [2.75, 3.05) is 0 Å². The summed E-state index contributed by atoms with van der Waals surface area (Å²) in [6.45, 7) is 4.30. The first-order valence-electron chi connectivity index (χ1n) is 9.54. The van der Waals surface area contributed by atoms with Gasteiger partial charge < -0.3 is 9.66 Å². The minimum atomic E-state index is -4.31. The van der Waals surface area contributed by atoms with E-state index in [1.54, 1.807) is 0 Å². The molecule has 0 spiro atoms. The van der Waals surface area contributed by atoms with Gasteiger partial charge in [-0.2, -0.15) is 0 Å². The first-order chi connectivity index (χ1) is 10.9. The number of aliphatic hydroxyl groups excluding tert-OH is 1. The Balaban J connectivity index is 0. The van der Waals surface area contributed by atoms with Crippen LogP contribution in [0.15, 0.2) is 0 Å². The van der Waals surface area contributed by atoms with Crippen LogP contribution in [-0.2, 0) is 10.1 Å². The molecule has 0 aliphatic heterocycles. The van der Waals surface area contributed by atoms with Crippen LogP contribution in [0.1, 0.15) is 104 Å². The summed E-state index contributed by atoms with van der Waals surface area (Å²) in [6.07, 6.45) is 12.4. The van der Waals surface area contributed by atoms with E-state index in [9.17, 15) is 18.1 Å². The Hall–Kier alpha value is 0.870. The second-order valence-electron chi connectivity index (χ2n) is 6.76. The Morgan fingerprint density at radius 2 is 1.21 bits per heavy atom. The van der Waals surface area contributed by atoms with Crippen molar-refractivity contribution in [1.29, 1.82) is 0 Å². The molecule has 2 unspecified atom stereocenters. The smallest absolute Gasteiger partial charge is 0.748 e. The Labute approximate surface area is 172 Å². The molecule has 0 heterocycles. The van der Waals surface area contributed by atoms with Gasteiger partial charge in [0.05, 0.1) is 21.5 Å². The fraction of sp³-hybridized carbons (Fsp3) is 1.00. The van der Waals surface area contributed by atoms with Gasteiger partial charge in [-0.3, -0.25) is 0 Å². The zero-order chi connectivity index (χ0) is 17.6. The molecule has 0 aliphatic carbocycles. The largest absolute Gasteiger partial charge is 1.00 e. The Kier molecular flexibility index (Phi) is 19.5. The van der Waals surface area contributed by atoms with E-state index in [1.165, 1.54) is 25.7 Å². The van der Waals surface area contributed by atoms with Crippen molar-refractivity contribution >= 4 is 10.1 Å². The summed E-state index contributed by atoms with van der Waals surface area (Å²) in [5, 5.41) is 9.06. The standard InChI is InChI=1S/C18H38O4S.Na/c1-3-5-7-9-10-11-13-15-18(23(20,21)22)16-17(19)14-12-8-6-4-2;/h17-19H,3-16H2,1-2H3,(H,20,21,22);/q;+1/p-1. The summed E-state index contributed by atoms with van der Waals surface area (Å²) < 4.78 is 34.1. The van der Waals surface area contributed by atoms with Crippen LogP contribution in [0.5, 0.6) is 0 Å². The summed E-state index contributed by atoms with van der Waals surface area (Å²) in [7, 11) is -4.31. The number of aliphatic hydroxyl groups is 1. The van der Waals surface area contributed by atoms with Gasteiger partial charge in [-0.25, -0.2) is 8.42 Å². The molecule has 0 aliphatic rings. The molecule has 0 fully saturated rings. The van der Waals surface area contributed by atoms with E-state index in [-0.39, 0.29) is 36.0 Å². The van der Waals surface area contributed by atoms with Gasteiger partial charge in [-0.15, -0.1) is 0 Å². The predicted octanol–water partition coefficient (Wildman–Crippen LogP) is 1.77. The average Bonchev–Trinajstić information content (AvgIpc) is 2.48. The molecule has 0 aromatic heterocycles. The molecule has 24 heavy (non-hydrogen) atoms. The minimum Gasteiger partial charge on any atom is -0.748 e. The fourth-order valence-corrected chi connectivity index (χ4v) is 3.85. The van der Waals surface area contributed by atoms with Crippen LogP contribution in [0.4, 0.5) is 0 Å². The first-order valence-corrected chi connectivity index (χ1v) is 11.0. The van der Waals surface area contributed by atoms with E-state index in [2.05, 4.69) is 13.8 Å². The van der Waals surface area contributed by atoms with Gasteiger partial charge in [-0.05, 0) is 19.3 Å². The maximum atomic E-state index is 11.4. The van der Waals surface area contributed by atoms with Crippen LogP contribution in [-0.4, -0.2) is 29.4 Å². The zero-order valence-electron chi connectivity index (χ0n) is 16.1. The summed E-state index contributed by atoms with van der Waals surface area (Å²) in [5.41, 5.74) is 0. The Morgan fingerprint density at radius 3 is 1.71 bits per heavy atom. The molecule has 0 radical (unpaired) electrons. The molecular weight excluding hydrogens is 335 g/mol. The van der Waals surface area contributed by atoms with E-state index in [0.29, 0.717) is 12.8 Å². The van der Waals surface area contributed by atoms with Crippen molar-refractivity contribution in [3.63, 3.8) is 0 Å². The monoisotopic (exact) mass is 372 g/mol. The molecule has 6 heteroatoms. The molecule has 0 rings (SSSR count). The van der Waals surface area contributed by atoms with Crippen molar-refractivity contribution in [2.45, 2.75) is 115 Å². The first kappa shape index (κ1) is 27.1. The Morgan fingerprint density at radius 1 is 0.792 bits per heavy atom. The van der Waals surface area contributed by atoms with Gasteiger partial charge in [0.25, 0.3) is 0 Å². The minimum absolute atomic E-state index is 0. The number of hydrogen-bond acceptors (Lipinski definition) is 4. The van der Waals surface area contributed by atoms with Crippen LogP contribution >= 0.6 is 0 Å². The fourth-order valence-electron chi connectivity index (χ4n) is 2.94. The van der Waals surface area contributed by atoms with Gasteiger partial charge in [0, 0.05) is 0 Å². The van der Waals surface area contributed by atoms with E-state index in [1.807, 2.05) is 0 Å². The quantitative estimate of drug-likeness (QED) is 0.254. The van der Waals surface area contributed by atoms with E-state index >= 15 is 0 Å². The summed E-state index contributed by atoms with van der Waals surface area (Å²) in [5.74, 6) is 0. The number of rotatable bonds is 16. The van der Waals surface area contributed by atoms with Gasteiger partial charge >= 0.3 is 29.6 Å². The molecular formula is C18H37NaO4S. The summed E-state index contributed by atoms with van der Waals surface area (Å²) in [6, 6.07) is 0. The molecule has 0 aromatic carbocycles. The molecule has 0 aromatic rings. The SMILES string of the molecule is CCCCCCCCCC(CC(O)CCCCCC)S(=O)(=O)[O-].[Na+]. The van der Waals surface area contributed by atoms with Crippen LogP contribution in [0.2, 0.25) is 0 Å². The normalized spacial score (nSPS) is 14.2. The number of unbranched alkanes of at least 4 members (excludes halogenated alkanes) is 9. The van der Waals surface area contributed by atoms with Gasteiger partial charge in [0.15, 0.2) is 0 Å². The van der Waals surface area contributed by atoms with Crippen LogP contribution < -0.4 is 29.6 Å². The maximum Gasteiger partial charge on any atom is 1.00 e. The zero-order valence-corrected chi connectivity index (χ0v) is 19.0. The van der Waals surface area contributed by atoms with Crippen LogP contribution in [0, 0.1) is 0 Å². The second kappa shape index (κ2) is 17.3. The average molecular weight is 373 g/mol. The molecule has 0 bridgehead atoms. The molecule has 2 atom stereocenters. The van der Waals surface area contributed by atoms with Crippen molar-refractivity contribution in [3.8, 4) is 0 Å². The van der Waals surface area contributed by atoms with Crippen molar-refractivity contribution in [1.82, 2.24) is 0 Å². The van der Waals surface area contributed by atoms with Gasteiger partial charge in [-0.1, -0.05) is 84.5 Å². The van der Waals surface area contributed by atoms with Gasteiger partial charge in [0.2, 0.25) is 0 Å². The molecule has 0 saturated carbocycles. The number of hydrogen-bond donors (Lipinski definition) is 1. The van der Waals surface area contributed by atoms with E-state index in [4.69, 9.17) is 0 Å². The van der Waals surface area contributed by atoms with Crippen molar-refractivity contribution in [3.05, 3.63) is 0 Å². The Bertz CT molecular complexity index is 360. The van der Waals surface area contributed by atoms with Gasteiger partial charge in [0.1, 0.15) is 0 Å². The van der Waals surface area contributed by atoms with Crippen LogP contribution in [0.3, 0.4) is 0 Å². The maximum absolute atomic E-state index is 11.4. The molecule has 0 saturated heterocycles. The third kappa shape index (κ3) is 16.3. The molecule has 1 N–H and O–H groups in total. The van der Waals surface area contributed by atoms with E-state index in [0.717, 1.165) is 44.9 Å². The third-order valence-corrected chi connectivity index (χ3v) is 5.71. The summed E-state index contributed by atoms with van der Waals surface area (Å²) in [4.78, 5) is 0. The van der Waals surface area contributed by atoms with Crippen LogP contribution in [0.25, 0.3) is 0 Å². The second-order valence-corrected chi connectivity index (χ2v) is 8.42. The summed E-state index contributed by atoms with van der Waals surface area (Å²) >= 11 is 0. The van der Waals surface area contributed by atoms with Crippen molar-refractivity contribution in [2.24, 2.45) is 0 Å². The topological polar surface area (TPSA) is 77.4 Å². The molecule has 140 valence electrons. The van der Waals surface area contributed by atoms with E-state index < -0.39 is 21.5 Å². The predicted molar refractivity (Wildman–Crippen MR) is 95.5 cm³/mol. The van der Waals surface area contributed by atoms with Crippen molar-refractivity contribution < 1.29 is 47.6 Å².